The summed E-state index contributed by atoms with van der Waals surface area (Å²) in [5.74, 6) is 0. The van der Waals surface area contributed by atoms with Crippen LogP contribution in [-0.2, 0) is 12.8 Å². The van der Waals surface area contributed by atoms with Gasteiger partial charge >= 0.3 is 0 Å². The van der Waals surface area contributed by atoms with Crippen LogP contribution >= 0.6 is 27.3 Å². The Morgan fingerprint density at radius 2 is 2.00 bits per heavy atom. The van der Waals surface area contributed by atoms with Crippen molar-refractivity contribution in [2.75, 3.05) is 5.73 Å². The van der Waals surface area contributed by atoms with E-state index in [2.05, 4.69) is 40.2 Å². The van der Waals surface area contributed by atoms with Crippen molar-refractivity contribution >= 4 is 33.0 Å². The second-order valence-electron chi connectivity index (χ2n) is 3.74. The highest BCUT2D eigenvalue weighted by molar-refractivity contribution is 9.11. The van der Waals surface area contributed by atoms with Gasteiger partial charge in [-0.15, -0.1) is 11.3 Å². The number of benzene rings is 1. The number of fused-ring (bicyclic) bond motifs is 3. The summed E-state index contributed by atoms with van der Waals surface area (Å²) < 4.78 is 1.07. The van der Waals surface area contributed by atoms with Crippen molar-refractivity contribution in [3.63, 3.8) is 0 Å². The number of nitrogens with two attached hydrogens (primary N) is 1. The minimum atomic E-state index is 0.905. The highest BCUT2D eigenvalue weighted by Crippen LogP contribution is 2.46. The van der Waals surface area contributed by atoms with Crippen LogP contribution in [0.4, 0.5) is 5.69 Å². The predicted molar refractivity (Wildman–Crippen MR) is 69.3 cm³/mol. The molecule has 0 fully saturated rings. The zero-order valence-corrected chi connectivity index (χ0v) is 10.5. The van der Waals surface area contributed by atoms with Crippen molar-refractivity contribution < 1.29 is 0 Å². The van der Waals surface area contributed by atoms with E-state index in [1.165, 1.54) is 21.6 Å². The van der Waals surface area contributed by atoms with Crippen LogP contribution < -0.4 is 5.73 Å². The van der Waals surface area contributed by atoms with Gasteiger partial charge in [0.2, 0.25) is 0 Å². The fourth-order valence-electron chi connectivity index (χ4n) is 2.16. The van der Waals surface area contributed by atoms with Gasteiger partial charge in [0.1, 0.15) is 0 Å². The summed E-state index contributed by atoms with van der Waals surface area (Å²) in [6.07, 6.45) is 2.25. The topological polar surface area (TPSA) is 26.0 Å². The molecule has 0 unspecified atom stereocenters. The molecule has 0 saturated carbocycles. The molecule has 1 aliphatic carbocycles. The Kier molecular flexibility index (Phi) is 2.11. The monoisotopic (exact) mass is 279 g/mol. The Hall–Kier alpha value is -0.800. The Morgan fingerprint density at radius 1 is 1.20 bits per heavy atom. The summed E-state index contributed by atoms with van der Waals surface area (Å²) in [5, 5.41) is 0. The van der Waals surface area contributed by atoms with Gasteiger partial charge in [-0.3, -0.25) is 0 Å². The molecular weight excluding hydrogens is 270 g/mol. The highest BCUT2D eigenvalue weighted by Gasteiger charge is 2.21. The minimum Gasteiger partial charge on any atom is -0.397 e. The van der Waals surface area contributed by atoms with Crippen LogP contribution in [0.2, 0.25) is 0 Å². The number of hydrogen-bond acceptors (Lipinski definition) is 2. The van der Waals surface area contributed by atoms with Gasteiger partial charge in [-0.25, -0.2) is 0 Å². The van der Waals surface area contributed by atoms with E-state index in [1.54, 1.807) is 11.3 Å². The van der Waals surface area contributed by atoms with E-state index >= 15 is 0 Å². The maximum Gasteiger partial charge on any atom is 0.0936 e. The zero-order valence-electron chi connectivity index (χ0n) is 8.09. The van der Waals surface area contributed by atoms with Gasteiger partial charge in [0.25, 0.3) is 0 Å². The van der Waals surface area contributed by atoms with Gasteiger partial charge in [-0.1, -0.05) is 24.3 Å². The van der Waals surface area contributed by atoms with E-state index in [4.69, 9.17) is 5.73 Å². The third kappa shape index (κ3) is 1.34. The largest absolute Gasteiger partial charge is 0.397 e. The average molecular weight is 280 g/mol. The molecule has 0 amide bonds. The van der Waals surface area contributed by atoms with E-state index in [-0.39, 0.29) is 0 Å². The molecule has 0 atom stereocenters. The minimum absolute atomic E-state index is 0.905. The van der Waals surface area contributed by atoms with E-state index in [0.29, 0.717) is 0 Å². The molecule has 76 valence electrons. The van der Waals surface area contributed by atoms with Crippen molar-refractivity contribution in [3.8, 4) is 11.1 Å². The second-order valence-corrected chi connectivity index (χ2v) is 6.17. The number of anilines is 1. The fourth-order valence-corrected chi connectivity index (χ4v) is 3.90. The molecule has 2 aromatic rings. The standard InChI is InChI=1S/C12H10BrNS/c13-12-11(14)10-8-4-2-1-3-7(8)5-6-9(10)15-12/h1-4H,5-6,14H2. The van der Waals surface area contributed by atoms with Crippen molar-refractivity contribution in [1.29, 1.82) is 0 Å². The first kappa shape index (κ1) is 9.43. The third-order valence-corrected chi connectivity index (χ3v) is 4.85. The van der Waals surface area contributed by atoms with Crippen molar-refractivity contribution in [2.24, 2.45) is 0 Å². The Morgan fingerprint density at radius 3 is 2.87 bits per heavy atom. The molecule has 1 heterocycles. The molecule has 15 heavy (non-hydrogen) atoms. The summed E-state index contributed by atoms with van der Waals surface area (Å²) in [6.45, 7) is 0. The molecule has 3 rings (SSSR count). The maximum atomic E-state index is 6.10. The van der Waals surface area contributed by atoms with E-state index in [9.17, 15) is 0 Å². The van der Waals surface area contributed by atoms with E-state index in [0.717, 1.165) is 22.3 Å². The van der Waals surface area contributed by atoms with Gasteiger partial charge in [0.15, 0.2) is 0 Å². The summed E-state index contributed by atoms with van der Waals surface area (Å²) in [5.41, 5.74) is 11.0. The number of hydrogen-bond donors (Lipinski definition) is 1. The maximum absolute atomic E-state index is 6.10. The summed E-state index contributed by atoms with van der Waals surface area (Å²) in [6, 6.07) is 8.55. The van der Waals surface area contributed by atoms with Gasteiger partial charge < -0.3 is 5.73 Å². The van der Waals surface area contributed by atoms with Crippen LogP contribution in [0.3, 0.4) is 0 Å². The molecule has 1 aromatic carbocycles. The molecule has 0 radical (unpaired) electrons. The highest BCUT2D eigenvalue weighted by atomic mass is 79.9. The van der Waals surface area contributed by atoms with Gasteiger partial charge in [-0.2, -0.15) is 0 Å². The number of thiophene rings is 1. The average Bonchev–Trinajstić information content (AvgIpc) is 2.55. The summed E-state index contributed by atoms with van der Waals surface area (Å²) >= 11 is 5.29. The Balaban J connectivity index is 2.33. The zero-order chi connectivity index (χ0) is 10.4. The third-order valence-electron chi connectivity index (χ3n) is 2.88. The van der Waals surface area contributed by atoms with Gasteiger partial charge in [0.05, 0.1) is 9.47 Å². The fraction of sp³-hybridized carbons (Fsp3) is 0.167. The smallest absolute Gasteiger partial charge is 0.0936 e. The lowest BCUT2D eigenvalue weighted by Crippen LogP contribution is -2.02. The molecule has 0 bridgehead atoms. The van der Waals surface area contributed by atoms with Crippen LogP contribution in [0.1, 0.15) is 10.4 Å². The molecule has 0 spiro atoms. The summed E-state index contributed by atoms with van der Waals surface area (Å²) in [7, 11) is 0. The Bertz CT molecular complexity index is 530. The predicted octanol–water partition coefficient (Wildman–Crippen LogP) is 3.86. The van der Waals surface area contributed by atoms with Crippen molar-refractivity contribution in [2.45, 2.75) is 12.8 Å². The van der Waals surface area contributed by atoms with Crippen LogP contribution in [0.25, 0.3) is 11.1 Å². The van der Waals surface area contributed by atoms with Gasteiger partial charge in [0, 0.05) is 10.4 Å². The van der Waals surface area contributed by atoms with Crippen LogP contribution in [0.15, 0.2) is 28.1 Å². The van der Waals surface area contributed by atoms with Crippen LogP contribution in [0.5, 0.6) is 0 Å². The van der Waals surface area contributed by atoms with E-state index < -0.39 is 0 Å². The number of nitrogen functional groups attached to an aromatic ring is 1. The molecule has 0 aliphatic heterocycles. The van der Waals surface area contributed by atoms with Gasteiger partial charge in [-0.05, 0) is 39.9 Å². The lowest BCUT2D eigenvalue weighted by molar-refractivity contribution is 0.964. The van der Waals surface area contributed by atoms with Crippen molar-refractivity contribution in [3.05, 3.63) is 38.5 Å². The molecule has 2 N–H and O–H groups in total. The second kappa shape index (κ2) is 3.35. The van der Waals surface area contributed by atoms with E-state index in [1.807, 2.05) is 0 Å². The first-order valence-corrected chi connectivity index (χ1v) is 6.53. The normalized spacial score (nSPS) is 13.4. The first-order valence-electron chi connectivity index (χ1n) is 4.92. The molecule has 0 saturated heterocycles. The lowest BCUT2D eigenvalue weighted by Gasteiger charge is -2.16. The SMILES string of the molecule is Nc1c(Br)sc2c1-c1ccccc1CC2. The number of aryl methyl sites for hydroxylation is 2. The molecule has 1 nitrogen and oxygen atoms in total. The first-order chi connectivity index (χ1) is 7.27. The molecule has 1 aromatic heterocycles. The van der Waals surface area contributed by atoms with Crippen LogP contribution in [-0.4, -0.2) is 0 Å². The Labute approximate surface area is 101 Å². The van der Waals surface area contributed by atoms with Crippen LogP contribution in [0, 0.1) is 0 Å². The number of rotatable bonds is 0. The van der Waals surface area contributed by atoms with Crippen molar-refractivity contribution in [1.82, 2.24) is 0 Å². The molecular formula is C12H10BrNS. The lowest BCUT2D eigenvalue weighted by atomic mass is 9.90. The molecule has 3 heteroatoms. The molecule has 1 aliphatic rings. The number of halogens is 1. The summed E-state index contributed by atoms with van der Waals surface area (Å²) in [4.78, 5) is 1.41. The quantitative estimate of drug-likeness (QED) is 0.779.